The Hall–Kier alpha value is -2.18. The Labute approximate surface area is 262 Å². The van der Waals surface area contributed by atoms with Crippen molar-refractivity contribution in [2.24, 2.45) is 0 Å². The van der Waals surface area contributed by atoms with Gasteiger partial charge in [-0.1, -0.05) is 0 Å². The van der Waals surface area contributed by atoms with Gasteiger partial charge in [0.1, 0.15) is 8.16 Å². The van der Waals surface area contributed by atoms with Gasteiger partial charge in [-0.15, -0.1) is 47.0 Å². The van der Waals surface area contributed by atoms with Gasteiger partial charge in [-0.05, 0) is 5.56 Å². The Morgan fingerprint density at radius 1 is 0.605 bits per heavy atom. The number of thioether (sulfide) groups is 4. The number of hydrogen-bond donors (Lipinski definition) is 4. The highest BCUT2D eigenvalue weighted by Crippen LogP contribution is 2.67. The van der Waals surface area contributed by atoms with E-state index in [-0.39, 0.29) is 43.9 Å². The Bertz CT molecular complexity index is 1480. The highest BCUT2D eigenvalue weighted by molar-refractivity contribution is 8.22. The van der Waals surface area contributed by atoms with Gasteiger partial charge < -0.3 is 59.2 Å². The smallest absolute Gasteiger partial charge is 0.246 e. The van der Waals surface area contributed by atoms with Crippen molar-refractivity contribution in [1.82, 2.24) is 0 Å². The number of ether oxygens (including phenoxy) is 4. The van der Waals surface area contributed by atoms with Crippen LogP contribution in [0.1, 0.15) is 59.5 Å². The van der Waals surface area contributed by atoms with E-state index in [4.69, 9.17) is 18.9 Å². The van der Waals surface area contributed by atoms with Crippen molar-refractivity contribution in [2.45, 2.75) is 67.0 Å². The summed E-state index contributed by atoms with van der Waals surface area (Å²) in [6.45, 7) is 4.36. The molecule has 1 radical (unpaired) electrons. The molecule has 0 saturated carbocycles. The quantitative estimate of drug-likeness (QED) is 0.307. The van der Waals surface area contributed by atoms with Crippen molar-refractivity contribution in [3.8, 4) is 23.0 Å². The van der Waals surface area contributed by atoms with Gasteiger partial charge in [0.05, 0.1) is 49.5 Å². The Balaban J connectivity index is 1.64. The number of carbonyl (C=O) groups is 2. The van der Waals surface area contributed by atoms with E-state index in [9.17, 15) is 40.2 Å². The summed E-state index contributed by atoms with van der Waals surface area (Å²) in [7, 11) is 0. The molecule has 2 aromatic carbocycles. The first kappa shape index (κ1) is 30.8. The molecule has 16 heteroatoms. The van der Waals surface area contributed by atoms with Gasteiger partial charge in [-0.2, -0.15) is 0 Å². The predicted octanol–water partition coefficient (Wildman–Crippen LogP) is 0.786. The summed E-state index contributed by atoms with van der Waals surface area (Å²) in [6, 6.07) is 0. The van der Waals surface area contributed by atoms with E-state index in [2.05, 4.69) is 0 Å². The molecule has 2 aromatic rings. The van der Waals surface area contributed by atoms with Crippen LogP contribution in [0, 0.1) is 6.42 Å². The van der Waals surface area contributed by atoms with Gasteiger partial charge in [-0.3, -0.25) is 0 Å². The fraction of sp³-hybridized carbons (Fsp3) is 0.444. The monoisotopic (exact) mass is 669 g/mol. The zero-order valence-electron chi connectivity index (χ0n) is 23.1. The number of hydrogen-bond acceptors (Lipinski definition) is 16. The number of carboxylic acid groups (broad SMARTS) is 2. The summed E-state index contributed by atoms with van der Waals surface area (Å²) < 4.78 is 21.5. The molecule has 4 aliphatic rings. The molecule has 0 bridgehead atoms. The van der Waals surface area contributed by atoms with Crippen LogP contribution < -0.4 is 29.2 Å². The first-order valence-corrected chi connectivity index (χ1v) is 16.1. The van der Waals surface area contributed by atoms with Crippen LogP contribution in [0.4, 0.5) is 0 Å². The van der Waals surface area contributed by atoms with Gasteiger partial charge in [0, 0.05) is 59.3 Å². The predicted molar refractivity (Wildman–Crippen MR) is 152 cm³/mol. The van der Waals surface area contributed by atoms with Crippen LogP contribution in [-0.2, 0) is 0 Å². The van der Waals surface area contributed by atoms with E-state index in [0.717, 1.165) is 47.0 Å². The molecule has 4 aliphatic heterocycles. The van der Waals surface area contributed by atoms with Gasteiger partial charge in [0.2, 0.25) is 11.6 Å². The van der Waals surface area contributed by atoms with Crippen LogP contribution in [-0.4, -0.2) is 78.5 Å². The first-order chi connectivity index (χ1) is 20.1. The van der Waals surface area contributed by atoms with E-state index >= 15 is 0 Å². The molecule has 0 spiro atoms. The van der Waals surface area contributed by atoms with Crippen molar-refractivity contribution >= 4 is 59.0 Å². The summed E-state index contributed by atoms with van der Waals surface area (Å²) in [6.07, 6.45) is 1.61. The molecule has 0 aliphatic carbocycles. The summed E-state index contributed by atoms with van der Waals surface area (Å²) in [5.41, 5.74) is 0.0534. The van der Waals surface area contributed by atoms with E-state index in [0.29, 0.717) is 15.4 Å². The van der Waals surface area contributed by atoms with Crippen LogP contribution in [0.25, 0.3) is 0 Å². The largest absolute Gasteiger partial charge is 0.545 e. The maximum atomic E-state index is 12.6. The minimum atomic E-state index is -1.58. The molecule has 0 fully saturated rings. The lowest BCUT2D eigenvalue weighted by molar-refractivity contribution is -0.256. The summed E-state index contributed by atoms with van der Waals surface area (Å²) in [5, 5.41) is 65.8. The van der Waals surface area contributed by atoms with Crippen LogP contribution in [0.15, 0.2) is 19.6 Å². The van der Waals surface area contributed by atoms with Crippen LogP contribution in [0.2, 0.25) is 0 Å². The topological polar surface area (TPSA) is 198 Å². The van der Waals surface area contributed by atoms with Crippen molar-refractivity contribution in [3.63, 3.8) is 0 Å². The fourth-order valence-corrected chi connectivity index (χ4v) is 11.0. The number of aliphatic hydroxyl groups excluding tert-OH is 4. The second-order valence-electron chi connectivity index (χ2n) is 11.0. The summed E-state index contributed by atoms with van der Waals surface area (Å²) in [4.78, 5) is 26.1. The van der Waals surface area contributed by atoms with Crippen molar-refractivity contribution in [1.29, 1.82) is 0 Å². The number of rotatable bonds is 8. The SMILES string of the molecule is CC1(C)Oc2c([CH]c3c4c(c(C(=O)[O-])c5c3SC(CO)(CO)S5)SC(CO)(CO)S4)c3c(c(C(=O)[O-])c2O1)OC(C)(C)O3. The van der Waals surface area contributed by atoms with E-state index in [1.54, 1.807) is 34.1 Å². The summed E-state index contributed by atoms with van der Waals surface area (Å²) in [5.74, 6) is -5.89. The van der Waals surface area contributed by atoms with Crippen molar-refractivity contribution in [3.05, 3.63) is 28.7 Å². The fourth-order valence-electron chi connectivity index (χ4n) is 5.10. The van der Waals surface area contributed by atoms with Crippen LogP contribution in [0.3, 0.4) is 0 Å². The zero-order valence-corrected chi connectivity index (χ0v) is 26.4. The molecular formula is C27H25O12S4-2. The van der Waals surface area contributed by atoms with Crippen molar-refractivity contribution in [2.75, 3.05) is 26.4 Å². The van der Waals surface area contributed by atoms with Crippen LogP contribution >= 0.6 is 47.0 Å². The van der Waals surface area contributed by atoms with Crippen LogP contribution in [0.5, 0.6) is 23.0 Å². The molecule has 231 valence electrons. The highest BCUT2D eigenvalue weighted by Gasteiger charge is 2.50. The zero-order chi connectivity index (χ0) is 31.3. The van der Waals surface area contributed by atoms with Crippen molar-refractivity contribution < 1.29 is 59.2 Å². The molecule has 0 unspecified atom stereocenters. The molecule has 6 rings (SSSR count). The second-order valence-corrected chi connectivity index (χ2v) is 17.1. The lowest BCUT2D eigenvalue weighted by atomic mass is 9.98. The average molecular weight is 670 g/mol. The lowest BCUT2D eigenvalue weighted by Crippen LogP contribution is -2.32. The Kier molecular flexibility index (Phi) is 7.29. The molecule has 0 atom stereocenters. The minimum absolute atomic E-state index is 0.0215. The second kappa shape index (κ2) is 10.2. The van der Waals surface area contributed by atoms with Gasteiger partial charge >= 0.3 is 0 Å². The number of fused-ring (bicyclic) bond motifs is 4. The summed E-state index contributed by atoms with van der Waals surface area (Å²) >= 11 is 4.08. The number of aliphatic hydroxyl groups is 4. The first-order valence-electron chi connectivity index (χ1n) is 12.8. The lowest BCUT2D eigenvalue weighted by Gasteiger charge is -2.23. The van der Waals surface area contributed by atoms with Gasteiger partial charge in [-0.25, -0.2) is 0 Å². The molecule has 0 amide bonds. The molecule has 4 heterocycles. The van der Waals surface area contributed by atoms with E-state index < -0.39 is 63.7 Å². The van der Waals surface area contributed by atoms with Gasteiger partial charge in [0.25, 0.3) is 0 Å². The Morgan fingerprint density at radius 3 is 1.30 bits per heavy atom. The van der Waals surface area contributed by atoms with E-state index in [1.807, 2.05) is 0 Å². The molecule has 12 nitrogen and oxygen atoms in total. The maximum Gasteiger partial charge on any atom is 0.246 e. The number of carboxylic acids is 2. The molecule has 0 saturated heterocycles. The molecule has 0 aromatic heterocycles. The third kappa shape index (κ3) is 4.72. The maximum absolute atomic E-state index is 12.6. The highest BCUT2D eigenvalue weighted by atomic mass is 32.2. The third-order valence-corrected chi connectivity index (χ3v) is 13.2. The average Bonchev–Trinajstić information content (AvgIpc) is 3.67. The molecular weight excluding hydrogens is 645 g/mol. The molecule has 43 heavy (non-hydrogen) atoms. The number of aromatic carboxylic acids is 2. The standard InChI is InChI=1S/C27H27O12S4/c1-24(2)36-14-10(15-17(39-25(3,4)37-15)12(22(32)33)16(14)38-24)5-11-18-20(42-26(6-28,7-29)40-18)13(23(34)35)21-19(11)41-27(8-30,9-31)43-21/h5,28-31H,6-9H2,1-4H3,(H,32,33)(H,34,35)/p-2. The number of benzene rings is 2. The minimum Gasteiger partial charge on any atom is -0.545 e. The van der Waals surface area contributed by atoms with E-state index in [1.165, 1.54) is 0 Å². The normalized spacial score (nSPS) is 20.7. The Morgan fingerprint density at radius 2 is 0.953 bits per heavy atom. The third-order valence-electron chi connectivity index (χ3n) is 6.92. The molecule has 4 N–H and O–H groups in total. The van der Waals surface area contributed by atoms with Gasteiger partial charge in [0.15, 0.2) is 23.0 Å². The number of carbonyl (C=O) groups excluding carboxylic acids is 2.